The SMILES string of the molecule is O=C(O)CC(NC(=O)c1cccc2c1CCC2)c1ccc(F)cc1. The number of hydrogen-bond donors (Lipinski definition) is 2. The van der Waals surface area contributed by atoms with E-state index in [4.69, 9.17) is 5.11 Å². The fourth-order valence-electron chi connectivity index (χ4n) is 3.19. The summed E-state index contributed by atoms with van der Waals surface area (Å²) in [4.78, 5) is 23.8. The van der Waals surface area contributed by atoms with E-state index < -0.39 is 17.8 Å². The number of carboxylic acids is 1. The summed E-state index contributed by atoms with van der Waals surface area (Å²) in [7, 11) is 0. The molecule has 0 saturated carbocycles. The number of rotatable bonds is 5. The van der Waals surface area contributed by atoms with Crippen LogP contribution in [0.25, 0.3) is 0 Å². The lowest BCUT2D eigenvalue weighted by atomic mass is 10.00. The third-order valence-corrected chi connectivity index (χ3v) is 4.35. The fraction of sp³-hybridized carbons (Fsp3) is 0.263. The van der Waals surface area contributed by atoms with Crippen LogP contribution < -0.4 is 5.32 Å². The Kier molecular flexibility index (Phi) is 4.60. The third kappa shape index (κ3) is 3.45. The molecule has 3 rings (SSSR count). The second-order valence-electron chi connectivity index (χ2n) is 5.97. The lowest BCUT2D eigenvalue weighted by Crippen LogP contribution is -2.31. The van der Waals surface area contributed by atoms with E-state index in [1.165, 1.54) is 29.8 Å². The summed E-state index contributed by atoms with van der Waals surface area (Å²) in [5, 5.41) is 11.9. The lowest BCUT2D eigenvalue weighted by molar-refractivity contribution is -0.137. The van der Waals surface area contributed by atoms with Gasteiger partial charge in [0.15, 0.2) is 0 Å². The monoisotopic (exact) mass is 327 g/mol. The zero-order valence-corrected chi connectivity index (χ0v) is 13.1. The summed E-state index contributed by atoms with van der Waals surface area (Å²) in [6, 6.07) is 10.5. The molecule has 0 saturated heterocycles. The Morgan fingerprint density at radius 3 is 2.58 bits per heavy atom. The summed E-state index contributed by atoms with van der Waals surface area (Å²) in [6.45, 7) is 0. The zero-order valence-electron chi connectivity index (χ0n) is 13.1. The summed E-state index contributed by atoms with van der Waals surface area (Å²) in [5.41, 5.74) is 3.39. The van der Waals surface area contributed by atoms with Crippen molar-refractivity contribution in [3.63, 3.8) is 0 Å². The number of halogens is 1. The molecule has 1 unspecified atom stereocenters. The number of hydrogen-bond acceptors (Lipinski definition) is 2. The number of benzene rings is 2. The first-order valence-corrected chi connectivity index (χ1v) is 7.93. The Bertz CT molecular complexity index is 771. The highest BCUT2D eigenvalue weighted by Gasteiger charge is 2.23. The predicted molar refractivity (Wildman–Crippen MR) is 87.3 cm³/mol. The molecule has 4 nitrogen and oxygen atoms in total. The van der Waals surface area contributed by atoms with Gasteiger partial charge in [0, 0.05) is 5.56 Å². The van der Waals surface area contributed by atoms with Crippen molar-refractivity contribution < 1.29 is 19.1 Å². The molecule has 1 amide bonds. The van der Waals surface area contributed by atoms with Gasteiger partial charge in [0.2, 0.25) is 0 Å². The van der Waals surface area contributed by atoms with Crippen LogP contribution in [-0.2, 0) is 17.6 Å². The molecule has 2 aromatic carbocycles. The van der Waals surface area contributed by atoms with Crippen LogP contribution in [0.4, 0.5) is 4.39 Å². The van der Waals surface area contributed by atoms with E-state index in [9.17, 15) is 14.0 Å². The first-order chi connectivity index (χ1) is 11.5. The van der Waals surface area contributed by atoms with Gasteiger partial charge < -0.3 is 10.4 Å². The zero-order chi connectivity index (χ0) is 17.1. The van der Waals surface area contributed by atoms with Gasteiger partial charge in [-0.05, 0) is 54.2 Å². The number of carbonyl (C=O) groups is 2. The number of carbonyl (C=O) groups excluding carboxylic acids is 1. The molecule has 124 valence electrons. The van der Waals surface area contributed by atoms with Crippen LogP contribution in [0.5, 0.6) is 0 Å². The number of nitrogens with one attached hydrogen (secondary N) is 1. The van der Waals surface area contributed by atoms with Gasteiger partial charge in [-0.25, -0.2) is 4.39 Å². The van der Waals surface area contributed by atoms with Gasteiger partial charge in [-0.2, -0.15) is 0 Å². The molecule has 0 fully saturated rings. The summed E-state index contributed by atoms with van der Waals surface area (Å²) < 4.78 is 13.1. The van der Waals surface area contributed by atoms with Crippen LogP contribution >= 0.6 is 0 Å². The molecule has 5 heteroatoms. The molecule has 0 heterocycles. The van der Waals surface area contributed by atoms with Gasteiger partial charge in [0.05, 0.1) is 12.5 Å². The Labute approximate surface area is 139 Å². The van der Waals surface area contributed by atoms with E-state index in [0.717, 1.165) is 24.8 Å². The molecule has 0 aromatic heterocycles. The molecule has 0 spiro atoms. The maximum atomic E-state index is 13.1. The Morgan fingerprint density at radius 2 is 1.88 bits per heavy atom. The smallest absolute Gasteiger partial charge is 0.305 e. The van der Waals surface area contributed by atoms with Crippen LogP contribution in [0.1, 0.15) is 45.9 Å². The van der Waals surface area contributed by atoms with Gasteiger partial charge in [-0.3, -0.25) is 9.59 Å². The molecule has 1 aliphatic rings. The largest absolute Gasteiger partial charge is 0.481 e. The van der Waals surface area contributed by atoms with Crippen LogP contribution in [0, 0.1) is 5.82 Å². The Morgan fingerprint density at radius 1 is 1.12 bits per heavy atom. The molecule has 1 aliphatic carbocycles. The minimum atomic E-state index is -1.03. The lowest BCUT2D eigenvalue weighted by Gasteiger charge is -2.18. The maximum absolute atomic E-state index is 13.1. The molecule has 24 heavy (non-hydrogen) atoms. The van der Waals surface area contributed by atoms with Crippen molar-refractivity contribution >= 4 is 11.9 Å². The first kappa shape index (κ1) is 16.2. The summed E-state index contributed by atoms with van der Waals surface area (Å²) >= 11 is 0. The summed E-state index contributed by atoms with van der Waals surface area (Å²) in [6.07, 6.45) is 2.59. The molecule has 0 bridgehead atoms. The highest BCUT2D eigenvalue weighted by Crippen LogP contribution is 2.26. The topological polar surface area (TPSA) is 66.4 Å². The average Bonchev–Trinajstić information content (AvgIpc) is 3.03. The molecule has 2 N–H and O–H groups in total. The highest BCUT2D eigenvalue weighted by molar-refractivity contribution is 5.96. The van der Waals surface area contributed by atoms with Crippen molar-refractivity contribution in [3.05, 3.63) is 70.5 Å². The molecular weight excluding hydrogens is 309 g/mol. The first-order valence-electron chi connectivity index (χ1n) is 7.93. The fourth-order valence-corrected chi connectivity index (χ4v) is 3.19. The predicted octanol–water partition coefficient (Wildman–Crippen LogP) is 3.26. The molecule has 0 radical (unpaired) electrons. The number of carboxylic acid groups (broad SMARTS) is 1. The van der Waals surface area contributed by atoms with Gasteiger partial charge in [0.1, 0.15) is 5.82 Å². The van der Waals surface area contributed by atoms with E-state index >= 15 is 0 Å². The highest BCUT2D eigenvalue weighted by atomic mass is 19.1. The number of fused-ring (bicyclic) bond motifs is 1. The van der Waals surface area contributed by atoms with Crippen LogP contribution in [-0.4, -0.2) is 17.0 Å². The van der Waals surface area contributed by atoms with Gasteiger partial charge in [0.25, 0.3) is 5.91 Å². The number of amides is 1. The van der Waals surface area contributed by atoms with Crippen molar-refractivity contribution in [2.45, 2.75) is 31.7 Å². The van der Waals surface area contributed by atoms with Crippen molar-refractivity contribution in [3.8, 4) is 0 Å². The van der Waals surface area contributed by atoms with Crippen LogP contribution in [0.3, 0.4) is 0 Å². The molecule has 1 atom stereocenters. The van der Waals surface area contributed by atoms with Crippen molar-refractivity contribution in [2.24, 2.45) is 0 Å². The normalized spacial score (nSPS) is 14.0. The minimum absolute atomic E-state index is 0.258. The van der Waals surface area contributed by atoms with E-state index in [0.29, 0.717) is 11.1 Å². The second-order valence-corrected chi connectivity index (χ2v) is 5.97. The number of aliphatic carboxylic acids is 1. The van der Waals surface area contributed by atoms with Gasteiger partial charge >= 0.3 is 5.97 Å². The Hall–Kier alpha value is -2.69. The van der Waals surface area contributed by atoms with Crippen molar-refractivity contribution in [2.75, 3.05) is 0 Å². The second kappa shape index (κ2) is 6.83. The minimum Gasteiger partial charge on any atom is -0.481 e. The van der Waals surface area contributed by atoms with E-state index in [1.54, 1.807) is 6.07 Å². The third-order valence-electron chi connectivity index (χ3n) is 4.35. The maximum Gasteiger partial charge on any atom is 0.305 e. The van der Waals surface area contributed by atoms with Crippen molar-refractivity contribution in [1.29, 1.82) is 0 Å². The number of aryl methyl sites for hydroxylation is 1. The van der Waals surface area contributed by atoms with Crippen molar-refractivity contribution in [1.82, 2.24) is 5.32 Å². The quantitative estimate of drug-likeness (QED) is 0.886. The Balaban J connectivity index is 1.85. The summed E-state index contributed by atoms with van der Waals surface area (Å²) in [5.74, 6) is -1.72. The van der Waals surface area contributed by atoms with Crippen LogP contribution in [0.2, 0.25) is 0 Å². The molecular formula is C19H18FNO3. The molecule has 2 aromatic rings. The van der Waals surface area contributed by atoms with Crippen LogP contribution in [0.15, 0.2) is 42.5 Å². The van der Waals surface area contributed by atoms with Gasteiger partial charge in [-0.1, -0.05) is 24.3 Å². The van der Waals surface area contributed by atoms with E-state index in [2.05, 4.69) is 5.32 Å². The molecule has 0 aliphatic heterocycles. The van der Waals surface area contributed by atoms with Gasteiger partial charge in [-0.15, -0.1) is 0 Å². The average molecular weight is 327 g/mol. The van der Waals surface area contributed by atoms with E-state index in [-0.39, 0.29) is 12.3 Å². The standard InChI is InChI=1S/C19H18FNO3/c20-14-9-7-13(8-10-14)17(11-18(22)23)21-19(24)16-6-2-4-12-3-1-5-15(12)16/h2,4,6-10,17H,1,3,5,11H2,(H,21,24)(H,22,23). The van der Waals surface area contributed by atoms with E-state index in [1.807, 2.05) is 12.1 Å².